The fourth-order valence-corrected chi connectivity index (χ4v) is 4.86. The molecule has 2 amide bonds. The maximum absolute atomic E-state index is 13.0. The Hall–Kier alpha value is -2.64. The highest BCUT2D eigenvalue weighted by Crippen LogP contribution is 2.41. The van der Waals surface area contributed by atoms with Gasteiger partial charge in [-0.3, -0.25) is 4.90 Å². The zero-order chi connectivity index (χ0) is 21.3. The second-order valence-electron chi connectivity index (χ2n) is 8.06. The van der Waals surface area contributed by atoms with Gasteiger partial charge in [-0.25, -0.2) is 14.6 Å². The lowest BCUT2D eigenvalue weighted by molar-refractivity contribution is 0.0696. The third kappa shape index (κ3) is 3.75. The standard InChI is InChI=1S/C22H25ClN4O3/c23-17-3-1-2-16(12-17)22(14-24)8-6-18(7-9-22)26-10-11-27(21(26)30)19-5-4-15(13-25-19)20(28)29/h1-5,12-13,18H,6-11,14,24H2,(H,28,29). The number of carboxylic acids is 1. The molecule has 1 aromatic heterocycles. The Labute approximate surface area is 180 Å². The largest absolute Gasteiger partial charge is 0.478 e. The highest BCUT2D eigenvalue weighted by molar-refractivity contribution is 6.30. The number of nitrogens with zero attached hydrogens (tertiary/aromatic N) is 3. The molecule has 1 aliphatic carbocycles. The molecule has 2 heterocycles. The van der Waals surface area contributed by atoms with E-state index in [0.717, 1.165) is 25.7 Å². The van der Waals surface area contributed by atoms with Crippen molar-refractivity contribution in [3.63, 3.8) is 0 Å². The lowest BCUT2D eigenvalue weighted by atomic mass is 9.68. The number of carbonyl (C=O) groups is 2. The topological polar surface area (TPSA) is 99.8 Å². The molecular weight excluding hydrogens is 404 g/mol. The van der Waals surface area contributed by atoms with Gasteiger partial charge in [0, 0.05) is 42.3 Å². The first-order valence-corrected chi connectivity index (χ1v) is 10.5. The minimum atomic E-state index is -1.03. The van der Waals surface area contributed by atoms with Crippen molar-refractivity contribution < 1.29 is 14.7 Å². The molecule has 2 aromatic rings. The van der Waals surface area contributed by atoms with E-state index in [0.29, 0.717) is 30.5 Å². The van der Waals surface area contributed by atoms with Gasteiger partial charge in [0.25, 0.3) is 0 Å². The van der Waals surface area contributed by atoms with E-state index >= 15 is 0 Å². The number of aromatic carboxylic acids is 1. The smallest absolute Gasteiger partial charge is 0.337 e. The Kier molecular flexibility index (Phi) is 5.66. The SMILES string of the molecule is NCC1(c2cccc(Cl)c2)CCC(N2CCN(c3ccc(C(=O)O)cn3)C2=O)CC1. The van der Waals surface area contributed by atoms with Crippen molar-refractivity contribution in [2.24, 2.45) is 5.73 Å². The van der Waals surface area contributed by atoms with Crippen LogP contribution in [0.1, 0.15) is 41.6 Å². The second-order valence-corrected chi connectivity index (χ2v) is 8.50. The molecule has 4 rings (SSSR count). The van der Waals surface area contributed by atoms with E-state index in [4.69, 9.17) is 22.4 Å². The molecule has 1 aromatic carbocycles. The number of carboxylic acid groups (broad SMARTS) is 1. The summed E-state index contributed by atoms with van der Waals surface area (Å²) in [4.78, 5) is 31.7. The second kappa shape index (κ2) is 8.24. The lowest BCUT2D eigenvalue weighted by Crippen LogP contribution is -2.47. The predicted molar refractivity (Wildman–Crippen MR) is 115 cm³/mol. The Balaban J connectivity index is 1.44. The van der Waals surface area contributed by atoms with Gasteiger partial charge in [0.15, 0.2) is 0 Å². The number of benzene rings is 1. The molecule has 7 nitrogen and oxygen atoms in total. The van der Waals surface area contributed by atoms with E-state index in [9.17, 15) is 9.59 Å². The van der Waals surface area contributed by atoms with Crippen molar-refractivity contribution in [1.82, 2.24) is 9.88 Å². The van der Waals surface area contributed by atoms with Crippen molar-refractivity contribution in [3.8, 4) is 0 Å². The number of hydrogen-bond donors (Lipinski definition) is 2. The zero-order valence-corrected chi connectivity index (χ0v) is 17.4. The zero-order valence-electron chi connectivity index (χ0n) is 16.6. The number of rotatable bonds is 5. The Morgan fingerprint density at radius 1 is 1.23 bits per heavy atom. The Morgan fingerprint density at radius 3 is 2.60 bits per heavy atom. The van der Waals surface area contributed by atoms with Crippen molar-refractivity contribution in [2.75, 3.05) is 24.5 Å². The first kappa shape index (κ1) is 20.6. The summed E-state index contributed by atoms with van der Waals surface area (Å²) < 4.78 is 0. The molecule has 30 heavy (non-hydrogen) atoms. The number of nitrogens with two attached hydrogens (primary N) is 1. The highest BCUT2D eigenvalue weighted by Gasteiger charge is 2.41. The van der Waals surface area contributed by atoms with Gasteiger partial charge < -0.3 is 15.7 Å². The van der Waals surface area contributed by atoms with E-state index in [1.54, 1.807) is 11.0 Å². The van der Waals surface area contributed by atoms with Gasteiger partial charge in [-0.2, -0.15) is 0 Å². The molecule has 0 unspecified atom stereocenters. The number of urea groups is 1. The first-order valence-electron chi connectivity index (χ1n) is 10.2. The van der Waals surface area contributed by atoms with Crippen LogP contribution in [0.2, 0.25) is 5.02 Å². The first-order chi connectivity index (χ1) is 14.4. The van der Waals surface area contributed by atoms with Gasteiger partial charge in [-0.05, 0) is 55.5 Å². The van der Waals surface area contributed by atoms with E-state index in [1.807, 2.05) is 23.1 Å². The summed E-state index contributed by atoms with van der Waals surface area (Å²) in [5.74, 6) is -0.549. The van der Waals surface area contributed by atoms with Crippen molar-refractivity contribution in [2.45, 2.75) is 37.1 Å². The van der Waals surface area contributed by atoms with Crippen molar-refractivity contribution in [3.05, 3.63) is 58.7 Å². The van der Waals surface area contributed by atoms with Crippen LogP contribution in [0.3, 0.4) is 0 Å². The maximum atomic E-state index is 13.0. The summed E-state index contributed by atoms with van der Waals surface area (Å²) in [5, 5.41) is 9.74. The molecule has 1 saturated heterocycles. The lowest BCUT2D eigenvalue weighted by Gasteiger charge is -2.42. The van der Waals surface area contributed by atoms with Crippen molar-refractivity contribution >= 4 is 29.4 Å². The van der Waals surface area contributed by atoms with Gasteiger partial charge in [0.1, 0.15) is 5.82 Å². The minimum absolute atomic E-state index is 0.0708. The van der Waals surface area contributed by atoms with Crippen molar-refractivity contribution in [1.29, 1.82) is 0 Å². The van der Waals surface area contributed by atoms with E-state index < -0.39 is 5.97 Å². The quantitative estimate of drug-likeness (QED) is 0.759. The van der Waals surface area contributed by atoms with Crippen LogP contribution in [0.4, 0.5) is 10.6 Å². The number of hydrogen-bond acceptors (Lipinski definition) is 4. The molecule has 158 valence electrons. The number of pyridine rings is 1. The van der Waals surface area contributed by atoms with Crippen LogP contribution in [0.25, 0.3) is 0 Å². The van der Waals surface area contributed by atoms with E-state index in [2.05, 4.69) is 11.1 Å². The minimum Gasteiger partial charge on any atom is -0.478 e. The number of halogens is 1. The predicted octanol–water partition coefficient (Wildman–Crippen LogP) is 3.51. The van der Waals surface area contributed by atoms with Gasteiger partial charge in [-0.15, -0.1) is 0 Å². The van der Waals surface area contributed by atoms with Crippen LogP contribution in [0.15, 0.2) is 42.6 Å². The number of aromatic nitrogens is 1. The van der Waals surface area contributed by atoms with Crippen LogP contribution in [0.5, 0.6) is 0 Å². The van der Waals surface area contributed by atoms with Gasteiger partial charge >= 0.3 is 12.0 Å². The number of amides is 2. The van der Waals surface area contributed by atoms with E-state index in [1.165, 1.54) is 17.8 Å². The monoisotopic (exact) mass is 428 g/mol. The molecule has 3 N–H and O–H groups in total. The highest BCUT2D eigenvalue weighted by atomic mass is 35.5. The molecule has 0 radical (unpaired) electrons. The van der Waals surface area contributed by atoms with Gasteiger partial charge in [-0.1, -0.05) is 23.7 Å². The molecule has 2 aliphatic rings. The average molecular weight is 429 g/mol. The van der Waals surface area contributed by atoms with Crippen LogP contribution >= 0.6 is 11.6 Å². The third-order valence-corrected chi connectivity index (χ3v) is 6.73. The van der Waals surface area contributed by atoms with Gasteiger partial charge in [0.05, 0.1) is 5.56 Å². The van der Waals surface area contributed by atoms with E-state index in [-0.39, 0.29) is 23.1 Å². The molecule has 1 saturated carbocycles. The van der Waals surface area contributed by atoms with Crippen LogP contribution in [-0.4, -0.2) is 52.7 Å². The maximum Gasteiger partial charge on any atom is 0.337 e. The summed E-state index contributed by atoms with van der Waals surface area (Å²) in [6.45, 7) is 1.74. The molecule has 0 bridgehead atoms. The van der Waals surface area contributed by atoms with Crippen LogP contribution in [0, 0.1) is 0 Å². The molecule has 1 aliphatic heterocycles. The molecular formula is C22H25ClN4O3. The fourth-order valence-electron chi connectivity index (χ4n) is 4.67. The van der Waals surface area contributed by atoms with Crippen LogP contribution in [-0.2, 0) is 5.41 Å². The third-order valence-electron chi connectivity index (χ3n) is 6.49. The summed E-state index contributed by atoms with van der Waals surface area (Å²) in [7, 11) is 0. The molecule has 2 fully saturated rings. The van der Waals surface area contributed by atoms with Crippen LogP contribution < -0.4 is 10.6 Å². The fraction of sp³-hybridized carbons (Fsp3) is 0.409. The Bertz CT molecular complexity index is 942. The van der Waals surface area contributed by atoms with Gasteiger partial charge in [0.2, 0.25) is 0 Å². The average Bonchev–Trinajstić information content (AvgIpc) is 3.15. The summed E-state index contributed by atoms with van der Waals surface area (Å²) in [5.41, 5.74) is 7.38. The number of anilines is 1. The molecule has 8 heteroatoms. The Morgan fingerprint density at radius 2 is 2.00 bits per heavy atom. The molecule has 0 spiro atoms. The number of carbonyl (C=O) groups excluding carboxylic acids is 1. The summed E-state index contributed by atoms with van der Waals surface area (Å²) in [6, 6.07) is 11.1. The summed E-state index contributed by atoms with van der Waals surface area (Å²) in [6.07, 6.45) is 4.87. The summed E-state index contributed by atoms with van der Waals surface area (Å²) >= 11 is 6.20. The molecule has 0 atom stereocenters. The normalized spacial score (nSPS) is 24.3.